The number of fused-ring (bicyclic) bond motifs is 1. The molecule has 0 radical (unpaired) electrons. The molecule has 0 aliphatic carbocycles. The van der Waals surface area contributed by atoms with Gasteiger partial charge < -0.3 is 10.7 Å². The first-order valence-corrected chi connectivity index (χ1v) is 6.49. The predicted octanol–water partition coefficient (Wildman–Crippen LogP) is 3.25. The summed E-state index contributed by atoms with van der Waals surface area (Å²) in [6.45, 7) is 2.12. The summed E-state index contributed by atoms with van der Waals surface area (Å²) in [7, 11) is 0. The molecular weight excluding hydrogens is 248 g/mol. The Morgan fingerprint density at radius 1 is 1.30 bits per heavy atom. The third-order valence-electron chi connectivity index (χ3n) is 3.50. The second-order valence-corrected chi connectivity index (χ2v) is 4.70. The zero-order valence-corrected chi connectivity index (χ0v) is 11.1. The Labute approximate surface area is 116 Å². The molecule has 0 fully saturated rings. The summed E-state index contributed by atoms with van der Waals surface area (Å²) in [5.41, 5.74) is 11.0. The Kier molecular flexibility index (Phi) is 2.88. The van der Waals surface area contributed by atoms with Crippen molar-refractivity contribution in [3.63, 3.8) is 0 Å². The molecule has 20 heavy (non-hydrogen) atoms. The molecule has 1 aromatic carbocycles. The number of aromatic amines is 1. The Bertz CT molecular complexity index is 824. The van der Waals surface area contributed by atoms with Gasteiger partial charge in [0.15, 0.2) is 0 Å². The van der Waals surface area contributed by atoms with Crippen molar-refractivity contribution >= 4 is 16.7 Å². The van der Waals surface area contributed by atoms with Gasteiger partial charge in [0.2, 0.25) is 0 Å². The molecule has 4 heteroatoms. The number of H-pyrrole nitrogens is 1. The summed E-state index contributed by atoms with van der Waals surface area (Å²) < 4.78 is 0. The highest BCUT2D eigenvalue weighted by molar-refractivity contribution is 5.85. The molecule has 0 spiro atoms. The molecule has 3 N–H and O–H groups in total. The van der Waals surface area contributed by atoms with Gasteiger partial charge in [-0.2, -0.15) is 5.26 Å². The number of hydrogen-bond acceptors (Lipinski definition) is 3. The number of nitrogens with one attached hydrogen (secondary N) is 1. The number of pyridine rings is 1. The van der Waals surface area contributed by atoms with E-state index in [0.717, 1.165) is 28.6 Å². The lowest BCUT2D eigenvalue weighted by Crippen LogP contribution is -1.91. The van der Waals surface area contributed by atoms with Crippen LogP contribution in [0.15, 0.2) is 36.7 Å². The maximum atomic E-state index is 8.92. The van der Waals surface area contributed by atoms with Crippen LogP contribution in [-0.2, 0) is 6.42 Å². The molecule has 0 atom stereocenters. The highest BCUT2D eigenvalue weighted by Gasteiger charge is 2.07. The van der Waals surface area contributed by atoms with Crippen molar-refractivity contribution in [2.24, 2.45) is 0 Å². The molecule has 2 heterocycles. The number of rotatable bonds is 2. The summed E-state index contributed by atoms with van der Waals surface area (Å²) in [6, 6.07) is 9.64. The number of anilines is 1. The molecule has 98 valence electrons. The second kappa shape index (κ2) is 4.71. The normalized spacial score (nSPS) is 10.6. The van der Waals surface area contributed by atoms with Gasteiger partial charge in [0.05, 0.1) is 11.3 Å². The van der Waals surface area contributed by atoms with Crippen LogP contribution in [0.25, 0.3) is 22.2 Å². The molecule has 0 aliphatic rings. The number of nitrogens with zero attached hydrogens (tertiary/aromatic N) is 2. The fraction of sp³-hybridized carbons (Fsp3) is 0.125. The van der Waals surface area contributed by atoms with Crippen LogP contribution >= 0.6 is 0 Å². The maximum absolute atomic E-state index is 8.92. The molecule has 3 rings (SSSR count). The van der Waals surface area contributed by atoms with E-state index in [1.807, 2.05) is 24.5 Å². The van der Waals surface area contributed by atoms with Crippen LogP contribution in [0.5, 0.6) is 0 Å². The van der Waals surface area contributed by atoms with Gasteiger partial charge in [0, 0.05) is 23.3 Å². The number of nitrogen functional groups attached to an aromatic ring is 1. The highest BCUT2D eigenvalue weighted by Crippen LogP contribution is 2.27. The Hall–Kier alpha value is -2.80. The first-order valence-electron chi connectivity index (χ1n) is 6.49. The third kappa shape index (κ3) is 1.90. The number of benzene rings is 1. The fourth-order valence-corrected chi connectivity index (χ4v) is 2.35. The minimum absolute atomic E-state index is 0.495. The number of nitrogens with two attached hydrogens (primary N) is 1. The number of aryl methyl sites for hydroxylation is 1. The van der Waals surface area contributed by atoms with Crippen LogP contribution in [0, 0.1) is 11.3 Å². The van der Waals surface area contributed by atoms with Crippen molar-refractivity contribution in [1.29, 1.82) is 5.26 Å². The van der Waals surface area contributed by atoms with Crippen molar-refractivity contribution in [2.45, 2.75) is 13.3 Å². The van der Waals surface area contributed by atoms with E-state index in [9.17, 15) is 0 Å². The lowest BCUT2D eigenvalue weighted by Gasteiger charge is -2.05. The largest absolute Gasteiger partial charge is 0.398 e. The number of aromatic nitrogens is 2. The van der Waals surface area contributed by atoms with E-state index >= 15 is 0 Å². The summed E-state index contributed by atoms with van der Waals surface area (Å²) >= 11 is 0. The van der Waals surface area contributed by atoms with Crippen molar-refractivity contribution in [3.05, 3.63) is 47.8 Å². The number of hydrogen-bond donors (Lipinski definition) is 2. The van der Waals surface area contributed by atoms with Crippen LogP contribution in [0.3, 0.4) is 0 Å². The summed E-state index contributed by atoms with van der Waals surface area (Å²) in [5.74, 6) is 0. The van der Waals surface area contributed by atoms with Crippen molar-refractivity contribution in [3.8, 4) is 17.2 Å². The Morgan fingerprint density at radius 3 is 2.85 bits per heavy atom. The van der Waals surface area contributed by atoms with Gasteiger partial charge in [-0.15, -0.1) is 0 Å². The maximum Gasteiger partial charge on any atom is 0.137 e. The lowest BCUT2D eigenvalue weighted by atomic mass is 10.0. The van der Waals surface area contributed by atoms with Crippen LogP contribution in [-0.4, -0.2) is 9.97 Å². The van der Waals surface area contributed by atoms with Gasteiger partial charge >= 0.3 is 0 Å². The molecule has 0 amide bonds. The molecule has 2 aromatic heterocycles. The van der Waals surface area contributed by atoms with Crippen molar-refractivity contribution in [2.75, 3.05) is 5.73 Å². The molecule has 0 saturated heterocycles. The zero-order valence-electron chi connectivity index (χ0n) is 11.1. The fourth-order valence-electron chi connectivity index (χ4n) is 2.35. The van der Waals surface area contributed by atoms with Crippen LogP contribution in [0.2, 0.25) is 0 Å². The minimum atomic E-state index is 0.495. The average Bonchev–Trinajstić information content (AvgIpc) is 2.89. The van der Waals surface area contributed by atoms with Gasteiger partial charge in [-0.3, -0.25) is 0 Å². The molecule has 0 aliphatic heterocycles. The van der Waals surface area contributed by atoms with Gasteiger partial charge in [0.1, 0.15) is 11.7 Å². The summed E-state index contributed by atoms with van der Waals surface area (Å²) in [5, 5.41) is 10.0. The third-order valence-corrected chi connectivity index (χ3v) is 3.50. The topological polar surface area (TPSA) is 78.5 Å². The summed E-state index contributed by atoms with van der Waals surface area (Å²) in [4.78, 5) is 7.61. The predicted molar refractivity (Wildman–Crippen MR) is 80.0 cm³/mol. The average molecular weight is 262 g/mol. The molecule has 0 saturated carbocycles. The van der Waals surface area contributed by atoms with E-state index in [0.29, 0.717) is 11.3 Å². The van der Waals surface area contributed by atoms with E-state index in [1.165, 1.54) is 5.56 Å². The zero-order chi connectivity index (χ0) is 14.1. The van der Waals surface area contributed by atoms with Crippen LogP contribution in [0.1, 0.15) is 18.1 Å². The van der Waals surface area contributed by atoms with Crippen LogP contribution in [0.4, 0.5) is 5.69 Å². The number of nitriles is 1. The van der Waals surface area contributed by atoms with Gasteiger partial charge in [0.25, 0.3) is 0 Å². The lowest BCUT2D eigenvalue weighted by molar-refractivity contribution is 1.15. The molecule has 3 aromatic rings. The van der Waals surface area contributed by atoms with Gasteiger partial charge in [-0.05, 0) is 35.7 Å². The Balaban J connectivity index is 2.14. The smallest absolute Gasteiger partial charge is 0.137 e. The standard InChI is InChI=1S/C16H14N4/c1-2-10-8-19-16-14(10)5-13(9-20-16)11-3-4-12(7-17)15(18)6-11/h3-6,8-9H,2,18H2,1H3,(H,19,20). The van der Waals surface area contributed by atoms with Crippen LogP contribution < -0.4 is 5.73 Å². The molecule has 4 nitrogen and oxygen atoms in total. The monoisotopic (exact) mass is 262 g/mol. The van der Waals surface area contributed by atoms with E-state index in [2.05, 4.69) is 29.0 Å². The van der Waals surface area contributed by atoms with E-state index in [-0.39, 0.29) is 0 Å². The first-order chi connectivity index (χ1) is 9.72. The Morgan fingerprint density at radius 2 is 2.15 bits per heavy atom. The quantitative estimate of drug-likeness (QED) is 0.696. The van der Waals surface area contributed by atoms with E-state index in [1.54, 1.807) is 6.07 Å². The molecular formula is C16H14N4. The minimum Gasteiger partial charge on any atom is -0.398 e. The molecule has 0 bridgehead atoms. The van der Waals surface area contributed by atoms with E-state index < -0.39 is 0 Å². The second-order valence-electron chi connectivity index (χ2n) is 4.70. The molecule has 0 unspecified atom stereocenters. The first kappa shape index (κ1) is 12.2. The highest BCUT2D eigenvalue weighted by atomic mass is 14.8. The van der Waals surface area contributed by atoms with Gasteiger partial charge in [-0.1, -0.05) is 13.0 Å². The van der Waals surface area contributed by atoms with Crippen molar-refractivity contribution in [1.82, 2.24) is 9.97 Å². The van der Waals surface area contributed by atoms with Crippen molar-refractivity contribution < 1.29 is 0 Å². The SMILES string of the molecule is CCc1c[nH]c2ncc(-c3ccc(C#N)c(N)c3)cc12. The van der Waals surface area contributed by atoms with E-state index in [4.69, 9.17) is 11.0 Å². The summed E-state index contributed by atoms with van der Waals surface area (Å²) in [6.07, 6.45) is 4.77. The van der Waals surface area contributed by atoms with Gasteiger partial charge in [-0.25, -0.2) is 4.98 Å².